The number of carbonyl (C=O) groups is 1. The van der Waals surface area contributed by atoms with Crippen LogP contribution in [0.5, 0.6) is 0 Å². The quantitative estimate of drug-likeness (QED) is 0.427. The van der Waals surface area contributed by atoms with E-state index in [4.69, 9.17) is 0 Å². The van der Waals surface area contributed by atoms with Crippen LogP contribution in [0.3, 0.4) is 0 Å². The fourth-order valence-electron chi connectivity index (χ4n) is 2.87. The lowest BCUT2D eigenvalue weighted by molar-refractivity contribution is -0.118. The van der Waals surface area contributed by atoms with E-state index in [2.05, 4.69) is 28.2 Å². The van der Waals surface area contributed by atoms with Gasteiger partial charge in [-0.1, -0.05) is 53.7 Å². The van der Waals surface area contributed by atoms with Crippen LogP contribution >= 0.6 is 11.8 Å². The van der Waals surface area contributed by atoms with Crippen molar-refractivity contribution in [1.29, 1.82) is 0 Å². The third-order valence-corrected chi connectivity index (χ3v) is 5.25. The number of benzene rings is 2. The standard InChI is InChI=1S/C22H23FN4OS/c1-3-13-27-21(18-6-4-5-16(2)14-18)25-26-22(27)29-15-20(28)24-12-11-17-7-9-19(23)10-8-17/h3-10,14H,1,11-13,15H2,2H3,(H,24,28). The van der Waals surface area contributed by atoms with Gasteiger partial charge in [0.1, 0.15) is 5.82 Å². The van der Waals surface area contributed by atoms with Crippen LogP contribution in [-0.2, 0) is 17.8 Å². The lowest BCUT2D eigenvalue weighted by atomic mass is 10.1. The van der Waals surface area contributed by atoms with E-state index in [-0.39, 0.29) is 17.5 Å². The van der Waals surface area contributed by atoms with Crippen LogP contribution in [0.4, 0.5) is 4.39 Å². The van der Waals surface area contributed by atoms with E-state index in [1.807, 2.05) is 29.7 Å². The second kappa shape index (κ2) is 10.0. The number of allylic oxidation sites excluding steroid dienone is 1. The second-order valence-electron chi connectivity index (χ2n) is 6.59. The average molecular weight is 411 g/mol. The number of aromatic nitrogens is 3. The molecule has 0 saturated heterocycles. The fraction of sp³-hybridized carbons (Fsp3) is 0.227. The van der Waals surface area contributed by atoms with Gasteiger partial charge in [0, 0.05) is 18.7 Å². The zero-order valence-electron chi connectivity index (χ0n) is 16.3. The van der Waals surface area contributed by atoms with Crippen LogP contribution in [0.2, 0.25) is 0 Å². The van der Waals surface area contributed by atoms with Crippen molar-refractivity contribution < 1.29 is 9.18 Å². The zero-order valence-corrected chi connectivity index (χ0v) is 17.1. The van der Waals surface area contributed by atoms with Crippen molar-refractivity contribution in [1.82, 2.24) is 20.1 Å². The number of hydrogen-bond donors (Lipinski definition) is 1. The minimum absolute atomic E-state index is 0.0811. The number of thioether (sulfide) groups is 1. The second-order valence-corrected chi connectivity index (χ2v) is 7.53. The molecule has 1 aromatic heterocycles. The molecule has 3 aromatic rings. The number of hydrogen-bond acceptors (Lipinski definition) is 4. The first kappa shape index (κ1) is 20.8. The normalized spacial score (nSPS) is 10.7. The highest BCUT2D eigenvalue weighted by Gasteiger charge is 2.15. The fourth-order valence-corrected chi connectivity index (χ4v) is 3.64. The van der Waals surface area contributed by atoms with Crippen molar-refractivity contribution >= 4 is 17.7 Å². The topological polar surface area (TPSA) is 59.8 Å². The minimum atomic E-state index is -0.261. The van der Waals surface area contributed by atoms with E-state index < -0.39 is 0 Å². The third kappa shape index (κ3) is 5.77. The summed E-state index contributed by atoms with van der Waals surface area (Å²) in [6.07, 6.45) is 2.44. The van der Waals surface area contributed by atoms with Gasteiger partial charge in [-0.3, -0.25) is 9.36 Å². The van der Waals surface area contributed by atoms with Gasteiger partial charge in [0.05, 0.1) is 5.75 Å². The van der Waals surface area contributed by atoms with Crippen molar-refractivity contribution in [3.05, 3.63) is 78.1 Å². The number of nitrogens with zero attached hydrogens (tertiary/aromatic N) is 3. The summed E-state index contributed by atoms with van der Waals surface area (Å²) in [5, 5.41) is 12.1. The molecule has 0 atom stereocenters. The highest BCUT2D eigenvalue weighted by molar-refractivity contribution is 7.99. The Hall–Kier alpha value is -2.93. The lowest BCUT2D eigenvalue weighted by Gasteiger charge is -2.09. The third-order valence-electron chi connectivity index (χ3n) is 4.29. The van der Waals surface area contributed by atoms with E-state index in [1.165, 1.54) is 23.9 Å². The number of halogens is 1. The molecule has 5 nitrogen and oxygen atoms in total. The highest BCUT2D eigenvalue weighted by Crippen LogP contribution is 2.24. The van der Waals surface area contributed by atoms with Crippen LogP contribution in [0.15, 0.2) is 66.3 Å². The number of rotatable bonds is 9. The molecule has 0 aliphatic heterocycles. The Kier molecular flexibility index (Phi) is 7.19. The molecule has 1 heterocycles. The summed E-state index contributed by atoms with van der Waals surface area (Å²) in [5.74, 6) is 0.657. The summed E-state index contributed by atoms with van der Waals surface area (Å²) in [6.45, 7) is 6.90. The predicted molar refractivity (Wildman–Crippen MR) is 114 cm³/mol. The van der Waals surface area contributed by atoms with Crippen LogP contribution in [0.1, 0.15) is 11.1 Å². The molecule has 0 bridgehead atoms. The molecule has 0 fully saturated rings. The van der Waals surface area contributed by atoms with E-state index >= 15 is 0 Å². The molecule has 7 heteroatoms. The van der Waals surface area contributed by atoms with Crippen LogP contribution in [-0.4, -0.2) is 33.0 Å². The smallest absolute Gasteiger partial charge is 0.230 e. The maximum absolute atomic E-state index is 12.9. The van der Waals surface area contributed by atoms with Crippen molar-refractivity contribution in [3.8, 4) is 11.4 Å². The van der Waals surface area contributed by atoms with Crippen LogP contribution in [0.25, 0.3) is 11.4 Å². The molecule has 2 aromatic carbocycles. The molecule has 150 valence electrons. The van der Waals surface area contributed by atoms with Gasteiger partial charge in [-0.15, -0.1) is 16.8 Å². The SMILES string of the molecule is C=CCn1c(SCC(=O)NCCc2ccc(F)cc2)nnc1-c1cccc(C)c1. The molecule has 3 rings (SSSR count). The van der Waals surface area contributed by atoms with Crippen molar-refractivity contribution in [3.63, 3.8) is 0 Å². The average Bonchev–Trinajstić information content (AvgIpc) is 3.11. The summed E-state index contributed by atoms with van der Waals surface area (Å²) < 4.78 is 14.9. The summed E-state index contributed by atoms with van der Waals surface area (Å²) in [4.78, 5) is 12.2. The van der Waals surface area contributed by atoms with Crippen LogP contribution < -0.4 is 5.32 Å². The molecular formula is C22H23FN4OS. The maximum Gasteiger partial charge on any atom is 0.230 e. The van der Waals surface area contributed by atoms with Crippen molar-refractivity contribution in [2.45, 2.75) is 25.0 Å². The van der Waals surface area contributed by atoms with Gasteiger partial charge in [-0.05, 0) is 37.1 Å². The number of amides is 1. The van der Waals surface area contributed by atoms with E-state index in [0.717, 1.165) is 22.5 Å². The summed E-state index contributed by atoms with van der Waals surface area (Å²) in [5.41, 5.74) is 3.10. The minimum Gasteiger partial charge on any atom is -0.355 e. The Bertz CT molecular complexity index is 985. The van der Waals surface area contributed by atoms with Gasteiger partial charge in [0.15, 0.2) is 11.0 Å². The van der Waals surface area contributed by atoms with Crippen LogP contribution in [0, 0.1) is 12.7 Å². The van der Waals surface area contributed by atoms with E-state index in [1.54, 1.807) is 18.2 Å². The molecular weight excluding hydrogens is 387 g/mol. The largest absolute Gasteiger partial charge is 0.355 e. The number of nitrogens with one attached hydrogen (secondary N) is 1. The lowest BCUT2D eigenvalue weighted by Crippen LogP contribution is -2.27. The molecule has 0 saturated carbocycles. The molecule has 29 heavy (non-hydrogen) atoms. The molecule has 0 aliphatic rings. The first-order valence-corrected chi connectivity index (χ1v) is 10.3. The first-order chi connectivity index (χ1) is 14.1. The Morgan fingerprint density at radius 2 is 2.03 bits per heavy atom. The Morgan fingerprint density at radius 3 is 2.76 bits per heavy atom. The number of aryl methyl sites for hydroxylation is 1. The summed E-state index contributed by atoms with van der Waals surface area (Å²) in [7, 11) is 0. The van der Waals surface area contributed by atoms with Gasteiger partial charge in [0.25, 0.3) is 0 Å². The summed E-state index contributed by atoms with van der Waals surface area (Å²) in [6, 6.07) is 14.4. The zero-order chi connectivity index (χ0) is 20.6. The number of carbonyl (C=O) groups excluding carboxylic acids is 1. The van der Waals surface area contributed by atoms with Gasteiger partial charge in [-0.25, -0.2) is 4.39 Å². The van der Waals surface area contributed by atoms with E-state index in [9.17, 15) is 9.18 Å². The molecule has 1 N–H and O–H groups in total. The first-order valence-electron chi connectivity index (χ1n) is 9.32. The predicted octanol–water partition coefficient (Wildman–Crippen LogP) is 4.03. The van der Waals surface area contributed by atoms with Gasteiger partial charge in [0.2, 0.25) is 5.91 Å². The monoisotopic (exact) mass is 410 g/mol. The molecule has 0 aliphatic carbocycles. The maximum atomic E-state index is 12.9. The van der Waals surface area contributed by atoms with E-state index in [0.29, 0.717) is 24.7 Å². The van der Waals surface area contributed by atoms with Crippen molar-refractivity contribution in [2.75, 3.05) is 12.3 Å². The molecule has 0 spiro atoms. The summed E-state index contributed by atoms with van der Waals surface area (Å²) >= 11 is 1.34. The Morgan fingerprint density at radius 1 is 1.24 bits per heavy atom. The highest BCUT2D eigenvalue weighted by atomic mass is 32.2. The Labute approximate surface area is 174 Å². The van der Waals surface area contributed by atoms with Gasteiger partial charge in [-0.2, -0.15) is 0 Å². The molecule has 0 radical (unpaired) electrons. The Balaban J connectivity index is 1.57. The van der Waals surface area contributed by atoms with Gasteiger partial charge < -0.3 is 5.32 Å². The molecule has 0 unspecified atom stereocenters. The molecule has 1 amide bonds. The van der Waals surface area contributed by atoms with Crippen molar-refractivity contribution in [2.24, 2.45) is 0 Å². The van der Waals surface area contributed by atoms with Gasteiger partial charge >= 0.3 is 0 Å².